The van der Waals surface area contributed by atoms with Crippen LogP contribution in [0.1, 0.15) is 28.8 Å². The van der Waals surface area contributed by atoms with E-state index in [9.17, 15) is 19.7 Å². The molecule has 0 spiro atoms. The Hall–Kier alpha value is -3.42. The molecule has 29 heavy (non-hydrogen) atoms. The number of ether oxygens (including phenoxy) is 3. The lowest BCUT2D eigenvalue weighted by molar-refractivity contribution is -0.484. The van der Waals surface area contributed by atoms with E-state index in [1.165, 1.54) is 26.4 Å². The van der Waals surface area contributed by atoms with Gasteiger partial charge in [-0.25, -0.2) is 0 Å². The number of rotatable bonds is 10. The van der Waals surface area contributed by atoms with Crippen LogP contribution in [0.25, 0.3) is 0 Å². The molecule has 154 valence electrons. The van der Waals surface area contributed by atoms with Crippen LogP contribution >= 0.6 is 0 Å². The van der Waals surface area contributed by atoms with Crippen LogP contribution in [0.4, 0.5) is 0 Å². The van der Waals surface area contributed by atoms with Crippen LogP contribution < -0.4 is 9.47 Å². The molecule has 2 aromatic carbocycles. The van der Waals surface area contributed by atoms with Gasteiger partial charge in [-0.1, -0.05) is 12.1 Å². The van der Waals surface area contributed by atoms with Crippen molar-refractivity contribution >= 4 is 11.8 Å². The van der Waals surface area contributed by atoms with Gasteiger partial charge in [0, 0.05) is 10.5 Å². The van der Waals surface area contributed by atoms with E-state index in [4.69, 9.17) is 14.2 Å². The van der Waals surface area contributed by atoms with Gasteiger partial charge in [-0.2, -0.15) is 0 Å². The summed E-state index contributed by atoms with van der Waals surface area (Å²) in [5, 5.41) is 11.4. The number of nitrogens with zero attached hydrogens (tertiary/aromatic N) is 1. The molecule has 0 bridgehead atoms. The van der Waals surface area contributed by atoms with E-state index in [1.807, 2.05) is 0 Å². The summed E-state index contributed by atoms with van der Waals surface area (Å²) in [5.74, 6) is -2.74. The second kappa shape index (κ2) is 10.2. The molecule has 8 nitrogen and oxygen atoms in total. The van der Waals surface area contributed by atoms with Crippen molar-refractivity contribution in [1.82, 2.24) is 0 Å². The maximum atomic E-state index is 13.2. The summed E-state index contributed by atoms with van der Waals surface area (Å²) in [6, 6.07) is 12.8. The van der Waals surface area contributed by atoms with Gasteiger partial charge in [-0.15, -0.1) is 0 Å². The quantitative estimate of drug-likeness (QED) is 0.198. The Morgan fingerprint density at radius 2 is 1.69 bits per heavy atom. The highest BCUT2D eigenvalue weighted by Crippen LogP contribution is 2.32. The van der Waals surface area contributed by atoms with Crippen molar-refractivity contribution in [3.8, 4) is 11.5 Å². The predicted octanol–water partition coefficient (Wildman–Crippen LogP) is 3.13. The number of ketones is 1. The molecule has 0 saturated heterocycles. The van der Waals surface area contributed by atoms with E-state index in [-0.39, 0.29) is 12.2 Å². The number of hydrogen-bond donors (Lipinski definition) is 0. The van der Waals surface area contributed by atoms with E-state index < -0.39 is 35.1 Å². The first-order valence-electron chi connectivity index (χ1n) is 9.01. The maximum absolute atomic E-state index is 13.2. The number of methoxy groups -OCH3 is 2. The van der Waals surface area contributed by atoms with Gasteiger partial charge in [0.15, 0.2) is 5.78 Å². The van der Waals surface area contributed by atoms with E-state index in [1.54, 1.807) is 43.3 Å². The third-order valence-corrected chi connectivity index (χ3v) is 4.47. The minimum atomic E-state index is -1.37. The molecule has 0 aliphatic rings. The average Bonchev–Trinajstić information content (AvgIpc) is 2.73. The summed E-state index contributed by atoms with van der Waals surface area (Å²) in [7, 11) is 2.96. The number of hydrogen-bond acceptors (Lipinski definition) is 7. The number of benzene rings is 2. The summed E-state index contributed by atoms with van der Waals surface area (Å²) < 4.78 is 15.4. The highest BCUT2D eigenvalue weighted by molar-refractivity contribution is 6.09. The average molecular weight is 401 g/mol. The van der Waals surface area contributed by atoms with Crippen LogP contribution in [-0.4, -0.2) is 44.0 Å². The van der Waals surface area contributed by atoms with Gasteiger partial charge in [0.05, 0.1) is 26.7 Å². The lowest BCUT2D eigenvalue weighted by Gasteiger charge is -2.23. The number of esters is 1. The minimum Gasteiger partial charge on any atom is -0.497 e. The number of Topliss-reactive ketones (excluding diaryl/α,β-unsaturated/α-hetero) is 1. The van der Waals surface area contributed by atoms with E-state index in [2.05, 4.69) is 0 Å². The topological polar surface area (TPSA) is 105 Å². The van der Waals surface area contributed by atoms with Crippen LogP contribution in [0, 0.1) is 16.0 Å². The fraction of sp³-hybridized carbons (Fsp3) is 0.333. The number of carbonyl (C=O) groups excluding carboxylic acids is 2. The van der Waals surface area contributed by atoms with Gasteiger partial charge in [-0.05, 0) is 48.9 Å². The highest BCUT2D eigenvalue weighted by atomic mass is 16.6. The predicted molar refractivity (Wildman–Crippen MR) is 105 cm³/mol. The molecule has 0 N–H and O–H groups in total. The molecule has 2 rings (SSSR count). The molecule has 8 heteroatoms. The molecule has 0 heterocycles. The van der Waals surface area contributed by atoms with Crippen molar-refractivity contribution in [2.24, 2.45) is 5.92 Å². The van der Waals surface area contributed by atoms with Gasteiger partial charge in [0.1, 0.15) is 17.4 Å². The molecule has 0 radical (unpaired) electrons. The molecule has 2 atom stereocenters. The summed E-state index contributed by atoms with van der Waals surface area (Å²) >= 11 is 0. The Bertz CT molecular complexity index is 864. The molecule has 2 unspecified atom stereocenters. The van der Waals surface area contributed by atoms with Gasteiger partial charge in [0.25, 0.3) is 0 Å². The molecule has 0 fully saturated rings. The fourth-order valence-corrected chi connectivity index (χ4v) is 3.06. The molecular formula is C21H23NO7. The SMILES string of the molecule is CCOC(=O)C(C(=O)c1ccc(OC)cc1)C(C[N+](=O)[O-])c1cccc(OC)c1. The zero-order valence-electron chi connectivity index (χ0n) is 16.5. The van der Waals surface area contributed by atoms with Crippen molar-refractivity contribution in [2.75, 3.05) is 27.4 Å². The highest BCUT2D eigenvalue weighted by Gasteiger charge is 2.40. The Balaban J connectivity index is 2.53. The Morgan fingerprint density at radius 3 is 2.24 bits per heavy atom. The Morgan fingerprint density at radius 1 is 1.03 bits per heavy atom. The molecule has 0 aliphatic carbocycles. The van der Waals surface area contributed by atoms with Crippen molar-refractivity contribution < 1.29 is 28.7 Å². The molecule has 0 amide bonds. The summed E-state index contributed by atoms with van der Waals surface area (Å²) in [6.45, 7) is 1.05. The van der Waals surface area contributed by atoms with Crippen LogP contribution in [0.2, 0.25) is 0 Å². The second-order valence-corrected chi connectivity index (χ2v) is 6.22. The Kier molecular flexibility index (Phi) is 7.70. The van der Waals surface area contributed by atoms with Gasteiger partial charge in [-0.3, -0.25) is 19.7 Å². The van der Waals surface area contributed by atoms with Gasteiger partial charge >= 0.3 is 5.97 Å². The van der Waals surface area contributed by atoms with Crippen molar-refractivity contribution in [1.29, 1.82) is 0 Å². The van der Waals surface area contributed by atoms with E-state index in [0.29, 0.717) is 17.1 Å². The van der Waals surface area contributed by atoms with Crippen molar-refractivity contribution in [2.45, 2.75) is 12.8 Å². The normalized spacial score (nSPS) is 12.5. The maximum Gasteiger partial charge on any atom is 0.317 e. The zero-order valence-corrected chi connectivity index (χ0v) is 16.5. The second-order valence-electron chi connectivity index (χ2n) is 6.22. The molecule has 2 aromatic rings. The van der Waals surface area contributed by atoms with Gasteiger partial charge < -0.3 is 14.2 Å². The lowest BCUT2D eigenvalue weighted by atomic mass is 9.81. The third kappa shape index (κ3) is 5.54. The fourth-order valence-electron chi connectivity index (χ4n) is 3.06. The summed E-state index contributed by atoms with van der Waals surface area (Å²) in [4.78, 5) is 36.7. The largest absolute Gasteiger partial charge is 0.497 e. The summed E-state index contributed by atoms with van der Waals surface area (Å²) in [6.07, 6.45) is 0. The van der Waals surface area contributed by atoms with Crippen LogP contribution in [0.15, 0.2) is 48.5 Å². The lowest BCUT2D eigenvalue weighted by Crippen LogP contribution is -2.35. The van der Waals surface area contributed by atoms with E-state index >= 15 is 0 Å². The Labute approximate surface area is 168 Å². The first-order valence-corrected chi connectivity index (χ1v) is 9.01. The minimum absolute atomic E-state index is 0.0501. The van der Waals surface area contributed by atoms with Crippen LogP contribution in [0.5, 0.6) is 11.5 Å². The molecule has 0 aliphatic heterocycles. The summed E-state index contributed by atoms with van der Waals surface area (Å²) in [5.41, 5.74) is 0.682. The molecule has 0 saturated carbocycles. The number of nitro groups is 1. The first-order chi connectivity index (χ1) is 13.9. The monoisotopic (exact) mass is 401 g/mol. The molecule has 0 aromatic heterocycles. The first kappa shape index (κ1) is 21.9. The standard InChI is InChI=1S/C21H23NO7/c1-4-29-21(24)19(20(23)14-8-10-16(27-2)11-9-14)18(13-22(25)26)15-6-5-7-17(12-15)28-3/h5-12,18-19H,4,13H2,1-3H3. The third-order valence-electron chi connectivity index (χ3n) is 4.47. The zero-order chi connectivity index (χ0) is 21.4. The smallest absolute Gasteiger partial charge is 0.317 e. The van der Waals surface area contributed by atoms with E-state index in [0.717, 1.165) is 0 Å². The van der Waals surface area contributed by atoms with Crippen LogP contribution in [-0.2, 0) is 9.53 Å². The van der Waals surface area contributed by atoms with Crippen molar-refractivity contribution in [3.63, 3.8) is 0 Å². The van der Waals surface area contributed by atoms with Crippen LogP contribution in [0.3, 0.4) is 0 Å². The van der Waals surface area contributed by atoms with Gasteiger partial charge in [0.2, 0.25) is 6.54 Å². The molecular weight excluding hydrogens is 378 g/mol. The number of carbonyl (C=O) groups is 2. The van der Waals surface area contributed by atoms with Crippen molar-refractivity contribution in [3.05, 3.63) is 69.8 Å².